The molecule has 0 atom stereocenters. The summed E-state index contributed by atoms with van der Waals surface area (Å²) in [5, 5.41) is 3.21. The van der Waals surface area contributed by atoms with E-state index in [-0.39, 0.29) is 21.5 Å². The van der Waals surface area contributed by atoms with Gasteiger partial charge in [-0.3, -0.25) is 0 Å². The zero-order chi connectivity index (χ0) is 13.8. The van der Waals surface area contributed by atoms with Gasteiger partial charge in [0.05, 0.1) is 17.2 Å². The molecule has 0 heterocycles. The number of ether oxygens (including phenoxy) is 2. The zero-order valence-corrected chi connectivity index (χ0v) is 11.4. The lowest BCUT2D eigenvalue weighted by Gasteiger charge is -2.10. The van der Waals surface area contributed by atoms with E-state index in [1.807, 2.05) is 0 Å². The topological polar surface area (TPSA) is 47.9 Å². The van der Waals surface area contributed by atoms with Crippen LogP contribution in [-0.4, -0.2) is 7.11 Å². The van der Waals surface area contributed by atoms with Crippen LogP contribution in [0.25, 0.3) is 0 Å². The molecule has 0 aliphatic carbocycles. The second-order valence-electron chi connectivity index (χ2n) is 3.61. The highest BCUT2D eigenvalue weighted by Crippen LogP contribution is 2.39. The highest BCUT2D eigenvalue weighted by molar-refractivity contribution is 6.37. The highest BCUT2D eigenvalue weighted by Gasteiger charge is 2.11. The fraction of sp³-hybridized carbons (Fsp3) is 0.0769. The number of halogens is 2. The van der Waals surface area contributed by atoms with E-state index in [0.717, 1.165) is 0 Å². The average Bonchev–Trinajstić information content (AvgIpc) is 2.43. The Hall–Kier alpha value is -1.78. The van der Waals surface area contributed by atoms with Gasteiger partial charge >= 0.3 is 0 Å². The summed E-state index contributed by atoms with van der Waals surface area (Å²) in [4.78, 5) is 10.4. The van der Waals surface area contributed by atoms with Crippen molar-refractivity contribution in [2.45, 2.75) is 0 Å². The number of benzene rings is 2. The maximum Gasteiger partial charge on any atom is 0.164 e. The predicted octanol–water partition coefficient (Wildman–Crippen LogP) is 5.19. The summed E-state index contributed by atoms with van der Waals surface area (Å²) in [7, 11) is 1.58. The Kier molecular flexibility index (Phi) is 4.24. The Morgan fingerprint density at radius 1 is 1.00 bits per heavy atom. The molecule has 0 amide bonds. The van der Waals surface area contributed by atoms with Crippen molar-refractivity contribution in [3.8, 4) is 17.2 Å². The first-order chi connectivity index (χ1) is 9.13. The molecular formula is C13H9Cl2NO3. The molecule has 2 rings (SSSR count). The van der Waals surface area contributed by atoms with E-state index in [2.05, 4.69) is 5.18 Å². The van der Waals surface area contributed by atoms with Crippen LogP contribution in [0.15, 0.2) is 41.6 Å². The van der Waals surface area contributed by atoms with Crippen LogP contribution in [0, 0.1) is 4.91 Å². The molecule has 0 radical (unpaired) electrons. The van der Waals surface area contributed by atoms with Crippen LogP contribution in [0.5, 0.6) is 17.2 Å². The van der Waals surface area contributed by atoms with Crippen molar-refractivity contribution in [1.29, 1.82) is 0 Å². The molecule has 0 bridgehead atoms. The summed E-state index contributed by atoms with van der Waals surface area (Å²) < 4.78 is 10.6. The number of hydrogen-bond acceptors (Lipinski definition) is 4. The van der Waals surface area contributed by atoms with Crippen LogP contribution >= 0.6 is 23.2 Å². The third kappa shape index (κ3) is 3.16. The molecule has 0 saturated heterocycles. The summed E-state index contributed by atoms with van der Waals surface area (Å²) in [6, 6.07) is 9.71. The number of rotatable bonds is 4. The van der Waals surface area contributed by atoms with Crippen molar-refractivity contribution < 1.29 is 9.47 Å². The van der Waals surface area contributed by atoms with Gasteiger partial charge in [0.15, 0.2) is 5.75 Å². The first-order valence-electron chi connectivity index (χ1n) is 5.28. The second-order valence-corrected chi connectivity index (χ2v) is 4.42. The van der Waals surface area contributed by atoms with Crippen molar-refractivity contribution >= 4 is 28.9 Å². The molecule has 4 nitrogen and oxygen atoms in total. The van der Waals surface area contributed by atoms with Crippen molar-refractivity contribution in [3.63, 3.8) is 0 Å². The molecule has 0 N–H and O–H groups in total. The largest absolute Gasteiger partial charge is 0.497 e. The first kappa shape index (κ1) is 13.6. The minimum atomic E-state index is 0.150. The Bertz CT molecular complexity index is 576. The maximum absolute atomic E-state index is 10.4. The van der Waals surface area contributed by atoms with Gasteiger partial charge in [-0.2, -0.15) is 0 Å². The Balaban J connectivity index is 2.29. The van der Waals surface area contributed by atoms with Crippen LogP contribution < -0.4 is 9.47 Å². The predicted molar refractivity (Wildman–Crippen MR) is 75.0 cm³/mol. The second kappa shape index (κ2) is 5.91. The number of methoxy groups -OCH3 is 1. The Morgan fingerprint density at radius 3 is 2.00 bits per heavy atom. The van der Waals surface area contributed by atoms with E-state index < -0.39 is 0 Å². The van der Waals surface area contributed by atoms with Gasteiger partial charge in [-0.1, -0.05) is 23.2 Å². The third-order valence-electron chi connectivity index (χ3n) is 2.37. The van der Waals surface area contributed by atoms with E-state index in [1.165, 1.54) is 12.1 Å². The minimum Gasteiger partial charge on any atom is -0.497 e. The standard InChI is InChI=1S/C13H9Cl2NO3/c1-18-9-2-4-10(5-3-9)19-13-11(14)6-8(16-17)7-12(13)15/h2-7H,1H3. The molecule has 0 aliphatic rings. The van der Waals surface area contributed by atoms with E-state index in [1.54, 1.807) is 31.4 Å². The molecule has 0 fully saturated rings. The van der Waals surface area contributed by atoms with Crippen molar-refractivity contribution in [3.05, 3.63) is 51.4 Å². The van der Waals surface area contributed by atoms with Gasteiger partial charge < -0.3 is 9.47 Å². The lowest BCUT2D eigenvalue weighted by molar-refractivity contribution is 0.413. The number of nitroso groups, excluding NO2 is 1. The molecular weight excluding hydrogens is 289 g/mol. The minimum absolute atomic E-state index is 0.150. The Morgan fingerprint density at radius 2 is 1.53 bits per heavy atom. The van der Waals surface area contributed by atoms with E-state index in [4.69, 9.17) is 32.7 Å². The van der Waals surface area contributed by atoms with Gasteiger partial charge in [0.25, 0.3) is 0 Å². The molecule has 0 unspecified atom stereocenters. The summed E-state index contributed by atoms with van der Waals surface area (Å²) in [6.07, 6.45) is 0. The molecule has 0 spiro atoms. The van der Waals surface area contributed by atoms with Crippen molar-refractivity contribution in [2.24, 2.45) is 5.18 Å². The number of hydrogen-bond donors (Lipinski definition) is 0. The van der Waals surface area contributed by atoms with Crippen LogP contribution in [-0.2, 0) is 0 Å². The van der Waals surface area contributed by atoms with Gasteiger partial charge in [-0.25, -0.2) is 0 Å². The van der Waals surface area contributed by atoms with E-state index in [9.17, 15) is 4.91 Å². The third-order valence-corrected chi connectivity index (χ3v) is 2.93. The molecule has 98 valence electrons. The summed E-state index contributed by atoms with van der Waals surface area (Å²) in [6.45, 7) is 0. The fourth-order valence-electron chi connectivity index (χ4n) is 1.46. The molecule has 0 aromatic heterocycles. The molecule has 0 saturated carbocycles. The smallest absolute Gasteiger partial charge is 0.164 e. The monoisotopic (exact) mass is 297 g/mol. The van der Waals surface area contributed by atoms with Gasteiger partial charge in [-0.15, -0.1) is 4.91 Å². The quantitative estimate of drug-likeness (QED) is 0.729. The first-order valence-corrected chi connectivity index (χ1v) is 6.04. The lowest BCUT2D eigenvalue weighted by atomic mass is 10.3. The van der Waals surface area contributed by atoms with Gasteiger partial charge in [0, 0.05) is 0 Å². The van der Waals surface area contributed by atoms with Gasteiger partial charge in [-0.05, 0) is 41.6 Å². The summed E-state index contributed by atoms with van der Waals surface area (Å²) in [5.74, 6) is 1.54. The van der Waals surface area contributed by atoms with Crippen LogP contribution in [0.3, 0.4) is 0 Å². The SMILES string of the molecule is COc1ccc(Oc2c(Cl)cc(N=O)cc2Cl)cc1. The zero-order valence-electron chi connectivity index (χ0n) is 9.89. The maximum atomic E-state index is 10.4. The molecule has 2 aromatic rings. The van der Waals surface area contributed by atoms with E-state index >= 15 is 0 Å². The molecule has 6 heteroatoms. The van der Waals surface area contributed by atoms with Gasteiger partial charge in [0.1, 0.15) is 17.2 Å². The van der Waals surface area contributed by atoms with Crippen molar-refractivity contribution in [2.75, 3.05) is 7.11 Å². The summed E-state index contributed by atoms with van der Waals surface area (Å²) >= 11 is 12.0. The number of nitrogens with zero attached hydrogens (tertiary/aromatic N) is 1. The molecule has 2 aromatic carbocycles. The lowest BCUT2D eigenvalue weighted by Crippen LogP contribution is -1.87. The Labute approximate surface area is 119 Å². The molecule has 19 heavy (non-hydrogen) atoms. The van der Waals surface area contributed by atoms with Crippen LogP contribution in [0.4, 0.5) is 5.69 Å². The average molecular weight is 298 g/mol. The van der Waals surface area contributed by atoms with E-state index in [0.29, 0.717) is 11.5 Å². The van der Waals surface area contributed by atoms with Crippen LogP contribution in [0.2, 0.25) is 10.0 Å². The van der Waals surface area contributed by atoms with Crippen LogP contribution in [0.1, 0.15) is 0 Å². The summed E-state index contributed by atoms with van der Waals surface area (Å²) in [5.41, 5.74) is 0.150. The highest BCUT2D eigenvalue weighted by atomic mass is 35.5. The molecule has 0 aliphatic heterocycles. The van der Waals surface area contributed by atoms with Gasteiger partial charge in [0.2, 0.25) is 0 Å². The fourth-order valence-corrected chi connectivity index (χ4v) is 2.01. The van der Waals surface area contributed by atoms with Crippen molar-refractivity contribution in [1.82, 2.24) is 0 Å². The normalized spacial score (nSPS) is 10.1.